The average Bonchev–Trinajstić information content (AvgIpc) is 0.812. The summed E-state index contributed by atoms with van der Waals surface area (Å²) in [5.41, 5.74) is 0. The molecule has 21 rings (SSSR count). The third kappa shape index (κ3) is 25.6. The van der Waals surface area contributed by atoms with Gasteiger partial charge in [-0.15, -0.1) is 0 Å². The van der Waals surface area contributed by atoms with Crippen molar-refractivity contribution in [3.05, 3.63) is 0 Å². The number of rotatable bonds is 31. The Kier molecular flexibility index (Phi) is 35.4. The molecule has 109 heavy (non-hydrogen) atoms. The predicted molar refractivity (Wildman–Crippen MR) is 346 cm³/mol. The van der Waals surface area contributed by atoms with Gasteiger partial charge in [0, 0.05) is 26.4 Å². The Balaban J connectivity index is 1.14. The van der Waals surface area contributed by atoms with Gasteiger partial charge in [0.15, 0.2) is 44.0 Å². The lowest BCUT2D eigenvalue weighted by Gasteiger charge is -2.50. The van der Waals surface area contributed by atoms with Gasteiger partial charge in [0.05, 0.1) is 69.3 Å². The van der Waals surface area contributed by atoms with Gasteiger partial charge in [0.2, 0.25) is 0 Å². The molecule has 0 saturated carbocycles. The first-order chi connectivity index (χ1) is 51.2. The van der Waals surface area contributed by atoms with Crippen LogP contribution in [0.3, 0.4) is 0 Å². The maximum absolute atomic E-state index is 12.0. The summed E-state index contributed by atoms with van der Waals surface area (Å²) in [7, 11) is -17.8. The van der Waals surface area contributed by atoms with E-state index >= 15 is 0 Å². The Morgan fingerprint density at radius 1 is 0.211 bits per heavy atom. The van der Waals surface area contributed by atoms with E-state index in [2.05, 4.69) is 0 Å². The van der Waals surface area contributed by atoms with Crippen LogP contribution in [0, 0.1) is 0 Å². The van der Waals surface area contributed by atoms with Crippen molar-refractivity contribution >= 4 is 40.5 Å². The van der Waals surface area contributed by atoms with Crippen molar-refractivity contribution < 1.29 is 224 Å². The zero-order valence-electron chi connectivity index (χ0n) is 58.1. The quantitative estimate of drug-likeness (QED) is 0.0226. The van der Waals surface area contributed by atoms with Crippen molar-refractivity contribution in [1.29, 1.82) is 0 Å². The molecule has 47 nitrogen and oxygen atoms in total. The van der Waals surface area contributed by atoms with Gasteiger partial charge >= 0.3 is 0 Å². The van der Waals surface area contributed by atoms with Crippen LogP contribution in [0.5, 0.6) is 0 Å². The average molecular weight is 1680 g/mol. The van der Waals surface area contributed by atoms with E-state index < -0.39 is 325 Å². The first kappa shape index (κ1) is 92.7. The molecule has 21 saturated heterocycles. The summed E-state index contributed by atoms with van der Waals surface area (Å²) in [6.07, 6.45) is -75.4. The fraction of sp³-hybridized carbons (Fsp3) is 1.00. The van der Waals surface area contributed by atoms with E-state index in [1.807, 2.05) is 0 Å². The van der Waals surface area contributed by atoms with E-state index in [1.165, 1.54) is 0 Å². The second kappa shape index (κ2) is 41.6. The Morgan fingerprint density at radius 2 is 0.358 bits per heavy atom. The Bertz CT molecular complexity index is 3100. The standard InChI is InChI=1S/C58H102O47S4/c59-17-24-45-32(63)39(70)53(93-24)102-48-27(20-88-9-1-5-13-106(76,77)78)97-57(43(74)36(48)67)105-51-30(23-91-12-4-8-16-109(85,86)87)96-56(42(73)35(51)66)101-47-26(19-61)94-54(40(71)33(47)64)103-49-28(21-89-10-2-6-14-107(79,80)81)98-58(44(75)37(49)68)104-50-29(22-90-11-3-7-15-108(82,83)84)95-55(41(72)34(50)65)100-46-25(18-60)92-52(99-45)38(69)31(46)62/h24-75H,1-23H2,(H,76,77,78)(H,79,80,81)(H,82,83,84)(H,85,86,87)/t24-,25-,26+,27+,28+,29-,30+,31+,32-,33-,34+,35-,36-,37-,38+,39-,40-,41+,42-,43-,44-,45-,46-,47-,48-,49-,50-,51-,52-,53-,54-,55-,56-,57-,58-/m1/s1. The van der Waals surface area contributed by atoms with Crippen LogP contribution in [0.1, 0.15) is 51.4 Å². The van der Waals surface area contributed by atoms with Gasteiger partial charge in [-0.3, -0.25) is 18.2 Å². The van der Waals surface area contributed by atoms with Crippen molar-refractivity contribution in [1.82, 2.24) is 0 Å². The van der Waals surface area contributed by atoms with Gasteiger partial charge in [0.1, 0.15) is 171 Å². The predicted octanol–water partition coefficient (Wildman–Crippen LogP) is -12.5. The summed E-state index contributed by atoms with van der Waals surface area (Å²) in [6.45, 7) is -7.62. The summed E-state index contributed by atoms with van der Waals surface area (Å²) in [4.78, 5) is 0. The number of hydrogen-bond acceptors (Lipinski definition) is 43. The van der Waals surface area contributed by atoms with Crippen LogP contribution in [-0.2, 0) is 126 Å². The Hall–Kier alpha value is -1.76. The zero-order chi connectivity index (χ0) is 80.2. The van der Waals surface area contributed by atoms with Crippen molar-refractivity contribution in [3.8, 4) is 0 Å². The van der Waals surface area contributed by atoms with Gasteiger partial charge in [0.25, 0.3) is 40.5 Å². The summed E-state index contributed by atoms with van der Waals surface area (Å²) in [5, 5.41) is 198. The second-order valence-electron chi connectivity index (χ2n) is 27.2. The summed E-state index contributed by atoms with van der Waals surface area (Å²) in [6, 6.07) is 0. The summed E-state index contributed by atoms with van der Waals surface area (Å²) in [5.74, 6) is -2.80. The highest BCUT2D eigenvalue weighted by Crippen LogP contribution is 2.40. The number of aliphatic hydroxyl groups is 17. The molecule has 21 heterocycles. The molecule has 0 aliphatic carbocycles. The SMILES string of the molecule is O=S(=O)(O)CCCCOC[C@@H]1O[C@@H]2O[C@H]3[C@H](O)[C@@H](O)[C@@H](O[C@H]4[C@H](O)[C@@H](O)[C@@H](O[C@H]5[C@@H](O)[C@H](O)[C@@H](O[C@H]6[C@@H](O)[C@H](O)[C@@H](O[C@H]7[C@H](O)[C@@H](O)[C@@H](O[C@H]8[C@H](O)[C@@H](O)[C@@H](O[C@H]1[C@H](O)[C@H]2O)O[C@H]8COCCCCS(=O)(=O)O)O[C@@H]7CO)O[C@@H]6CO)O[C@@H]5COCCCCS(=O)(=O)O)O[C@H]4COCCCCS(=O)(=O)O)O[C@H]3CO. The highest BCUT2D eigenvalue weighted by atomic mass is 32.2. The van der Waals surface area contributed by atoms with Crippen molar-refractivity contribution in [2.75, 3.05) is 95.7 Å². The smallest absolute Gasteiger partial charge is 0.264 e. The lowest BCUT2D eigenvalue weighted by atomic mass is 9.95. The van der Waals surface area contributed by atoms with Crippen LogP contribution < -0.4 is 0 Å². The van der Waals surface area contributed by atoms with Crippen molar-refractivity contribution in [3.63, 3.8) is 0 Å². The van der Waals surface area contributed by atoms with Crippen LogP contribution in [0.25, 0.3) is 0 Å². The highest BCUT2D eigenvalue weighted by molar-refractivity contribution is 7.86. The highest BCUT2D eigenvalue weighted by Gasteiger charge is 2.60. The molecular formula is C58H102O47S4. The number of hydrogen-bond donors (Lipinski definition) is 21. The van der Waals surface area contributed by atoms with Crippen LogP contribution >= 0.6 is 0 Å². The van der Waals surface area contributed by atoms with Gasteiger partial charge in [-0.25, -0.2) is 0 Å². The third-order valence-electron chi connectivity index (χ3n) is 19.0. The molecule has 35 atom stereocenters. The first-order valence-corrected chi connectivity index (χ1v) is 41.3. The molecule has 0 aromatic heterocycles. The van der Waals surface area contributed by atoms with E-state index in [0.29, 0.717) is 0 Å². The van der Waals surface area contributed by atoms with Gasteiger partial charge in [-0.05, 0) is 51.4 Å². The molecule has 0 spiro atoms. The molecule has 0 unspecified atom stereocenters. The molecule has 51 heteroatoms. The lowest BCUT2D eigenvalue weighted by molar-refractivity contribution is -0.397. The van der Waals surface area contributed by atoms with E-state index in [-0.39, 0.29) is 77.8 Å². The molecule has 21 N–H and O–H groups in total. The van der Waals surface area contributed by atoms with Crippen molar-refractivity contribution in [2.45, 2.75) is 266 Å². The monoisotopic (exact) mass is 1680 g/mol. The maximum Gasteiger partial charge on any atom is 0.264 e. The van der Waals surface area contributed by atoms with Crippen LogP contribution in [0.4, 0.5) is 0 Å². The van der Waals surface area contributed by atoms with E-state index in [9.17, 15) is 139 Å². The Morgan fingerprint density at radius 3 is 0.505 bits per heavy atom. The molecule has 0 aromatic rings. The third-order valence-corrected chi connectivity index (χ3v) is 22.2. The Labute approximate surface area is 624 Å². The number of aliphatic hydroxyl groups excluding tert-OH is 17. The van der Waals surface area contributed by atoms with E-state index in [4.69, 9.17) is 85.3 Å². The molecule has 640 valence electrons. The van der Waals surface area contributed by atoms with Gasteiger partial charge < -0.3 is 172 Å². The normalized spacial score (nSPS) is 43.2. The first-order valence-electron chi connectivity index (χ1n) is 34.9. The molecule has 0 radical (unpaired) electrons. The molecular weight excluding hydrogens is 1580 g/mol. The molecule has 21 aliphatic rings. The zero-order valence-corrected chi connectivity index (χ0v) is 61.4. The minimum Gasteiger partial charge on any atom is -0.394 e. The van der Waals surface area contributed by atoms with Gasteiger partial charge in [-0.2, -0.15) is 33.7 Å². The summed E-state index contributed by atoms with van der Waals surface area (Å²) >= 11 is 0. The number of unbranched alkanes of at least 4 members (excludes halogenated alkanes) is 4. The van der Waals surface area contributed by atoms with E-state index in [0.717, 1.165) is 0 Å². The minimum atomic E-state index is -4.44. The fourth-order valence-electron chi connectivity index (χ4n) is 13.1. The maximum atomic E-state index is 12.0. The van der Waals surface area contributed by atoms with Crippen LogP contribution in [-0.4, -0.2) is 449 Å². The summed E-state index contributed by atoms with van der Waals surface area (Å²) < 4.78 is 235. The molecule has 0 aromatic carbocycles. The van der Waals surface area contributed by atoms with Gasteiger partial charge in [-0.1, -0.05) is 0 Å². The molecule has 14 bridgehead atoms. The van der Waals surface area contributed by atoms with Crippen LogP contribution in [0.2, 0.25) is 0 Å². The number of ether oxygens (including phenoxy) is 18. The van der Waals surface area contributed by atoms with E-state index in [1.54, 1.807) is 0 Å². The second-order valence-corrected chi connectivity index (χ2v) is 33.5. The molecule has 0 amide bonds. The van der Waals surface area contributed by atoms with Crippen LogP contribution in [0.15, 0.2) is 0 Å². The van der Waals surface area contributed by atoms with Crippen molar-refractivity contribution in [2.24, 2.45) is 0 Å². The topological polar surface area (TPSA) is 728 Å². The molecule has 21 fully saturated rings. The largest absolute Gasteiger partial charge is 0.394 e. The molecule has 21 aliphatic heterocycles. The lowest BCUT2D eigenvalue weighted by Crippen LogP contribution is -2.68. The fourth-order valence-corrected chi connectivity index (χ4v) is 15.4. The minimum absolute atomic E-state index is 0.0524.